The molecule has 6 nitrogen and oxygen atoms in total. The highest BCUT2D eigenvalue weighted by molar-refractivity contribution is 6.11. The van der Waals surface area contributed by atoms with E-state index in [0.717, 1.165) is 89.6 Å². The number of fused-ring (bicyclic) bond motifs is 6. The third kappa shape index (κ3) is 7.14. The average Bonchev–Trinajstić information content (AvgIpc) is 1.68. The summed E-state index contributed by atoms with van der Waals surface area (Å²) in [5.74, 6) is 1.37. The number of aromatic nitrogens is 6. The second-order valence-corrected chi connectivity index (χ2v) is 21.6. The normalized spacial score (nSPS) is 14.1. The van der Waals surface area contributed by atoms with Gasteiger partial charge in [-0.2, -0.15) is 0 Å². The maximum absolute atomic E-state index is 5.54. The first-order chi connectivity index (χ1) is 40.7. The van der Waals surface area contributed by atoms with Crippen LogP contribution >= 0.6 is 0 Å². The van der Waals surface area contributed by atoms with Gasteiger partial charge in [-0.1, -0.05) is 218 Å². The largest absolute Gasteiger partial charge is 0.309 e. The summed E-state index contributed by atoms with van der Waals surface area (Å²) >= 11 is 0. The second-order valence-electron chi connectivity index (χ2n) is 21.6. The minimum atomic E-state index is -0.00164. The summed E-state index contributed by atoms with van der Waals surface area (Å²) in [5.41, 5.74) is 24.2. The van der Waals surface area contributed by atoms with Crippen molar-refractivity contribution >= 4 is 43.6 Å². The van der Waals surface area contributed by atoms with E-state index in [1.54, 1.807) is 0 Å². The molecule has 2 bridgehead atoms. The highest BCUT2D eigenvalue weighted by atomic mass is 15.0. The van der Waals surface area contributed by atoms with Crippen molar-refractivity contribution in [2.75, 3.05) is 0 Å². The third-order valence-electron chi connectivity index (χ3n) is 17.1. The number of benzene rings is 11. The Morgan fingerprint density at radius 3 is 0.951 bits per heavy atom. The minimum Gasteiger partial charge on any atom is -0.309 e. The molecule has 0 saturated heterocycles. The fourth-order valence-corrected chi connectivity index (χ4v) is 13.6. The lowest BCUT2D eigenvalue weighted by molar-refractivity contribution is 0.754. The molecular weight excluding hydrogens is 997 g/mol. The molecule has 2 atom stereocenters. The van der Waals surface area contributed by atoms with Crippen molar-refractivity contribution in [2.45, 2.75) is 11.8 Å². The van der Waals surface area contributed by atoms with Crippen LogP contribution in [0.5, 0.6) is 0 Å². The van der Waals surface area contributed by atoms with E-state index < -0.39 is 0 Å². The van der Waals surface area contributed by atoms with Crippen LogP contribution in [0.3, 0.4) is 0 Å². The maximum Gasteiger partial charge on any atom is 0.160 e. The Bertz CT molecular complexity index is 4650. The lowest BCUT2D eigenvalue weighted by Crippen LogP contribution is -2.27. The zero-order valence-electron chi connectivity index (χ0n) is 44.4. The van der Waals surface area contributed by atoms with Crippen molar-refractivity contribution in [1.29, 1.82) is 0 Å². The minimum absolute atomic E-state index is 0.00164. The molecule has 0 fully saturated rings. The number of hydrogen-bond acceptors (Lipinski definition) is 4. The van der Waals surface area contributed by atoms with E-state index >= 15 is 0 Å². The van der Waals surface area contributed by atoms with E-state index in [9.17, 15) is 0 Å². The Morgan fingerprint density at radius 1 is 0.232 bits per heavy atom. The summed E-state index contributed by atoms with van der Waals surface area (Å²) in [4.78, 5) is 21.9. The molecule has 4 heterocycles. The van der Waals surface area contributed by atoms with Crippen LogP contribution in [-0.4, -0.2) is 29.1 Å². The predicted octanol–water partition coefficient (Wildman–Crippen LogP) is 18.4. The number of nitrogens with zero attached hydrogens (tertiary/aromatic N) is 6. The molecule has 18 rings (SSSR count). The Labute approximate surface area is 473 Å². The molecule has 0 saturated carbocycles. The van der Waals surface area contributed by atoms with Gasteiger partial charge in [0.2, 0.25) is 0 Å². The topological polar surface area (TPSA) is 61.4 Å². The number of hydrogen-bond donors (Lipinski definition) is 0. The molecule has 0 amide bonds. The van der Waals surface area contributed by atoms with Gasteiger partial charge in [0.25, 0.3) is 0 Å². The molecule has 4 aromatic heterocycles. The molecule has 3 aliphatic carbocycles. The van der Waals surface area contributed by atoms with Gasteiger partial charge in [0.1, 0.15) is 0 Å². The van der Waals surface area contributed by atoms with Gasteiger partial charge in [-0.05, 0) is 94.0 Å². The highest BCUT2D eigenvalue weighted by Gasteiger charge is 2.42. The van der Waals surface area contributed by atoms with Crippen molar-refractivity contribution < 1.29 is 0 Å². The maximum atomic E-state index is 5.54. The third-order valence-corrected chi connectivity index (χ3v) is 17.1. The van der Waals surface area contributed by atoms with E-state index in [1.807, 2.05) is 0 Å². The van der Waals surface area contributed by atoms with Gasteiger partial charge in [0.05, 0.1) is 56.2 Å². The van der Waals surface area contributed by atoms with Gasteiger partial charge in [0, 0.05) is 66.8 Å². The van der Waals surface area contributed by atoms with Gasteiger partial charge >= 0.3 is 0 Å². The average molecular weight is 1050 g/mol. The number of rotatable bonds is 8. The van der Waals surface area contributed by atoms with Crippen LogP contribution in [0.4, 0.5) is 0 Å². The molecular formula is C76H48N6. The van der Waals surface area contributed by atoms with Crippen LogP contribution < -0.4 is 0 Å². The Kier molecular flexibility index (Phi) is 10.3. The summed E-state index contributed by atoms with van der Waals surface area (Å²) in [6, 6.07) is 100. The molecule has 0 N–H and O–H groups in total. The number of para-hydroxylation sites is 6. The molecule has 15 aromatic rings. The smallest absolute Gasteiger partial charge is 0.160 e. The van der Waals surface area contributed by atoms with Crippen molar-refractivity contribution in [1.82, 2.24) is 29.1 Å². The van der Waals surface area contributed by atoms with E-state index in [4.69, 9.17) is 19.9 Å². The molecule has 382 valence electrons. The fraction of sp³-hybridized carbons (Fsp3) is 0.0263. The second kappa shape index (κ2) is 18.4. The quantitative estimate of drug-likeness (QED) is 0.152. The van der Waals surface area contributed by atoms with E-state index in [1.165, 1.54) is 54.9 Å². The lowest BCUT2D eigenvalue weighted by atomic mass is 9.61. The first kappa shape index (κ1) is 46.1. The van der Waals surface area contributed by atoms with Crippen LogP contribution in [0, 0.1) is 0 Å². The predicted molar refractivity (Wildman–Crippen MR) is 334 cm³/mol. The van der Waals surface area contributed by atoms with E-state index in [2.05, 4.69) is 288 Å². The van der Waals surface area contributed by atoms with Crippen molar-refractivity contribution in [3.05, 3.63) is 312 Å². The van der Waals surface area contributed by atoms with Crippen molar-refractivity contribution in [3.8, 4) is 79.2 Å². The summed E-state index contributed by atoms with van der Waals surface area (Å²) in [6.07, 6.45) is 0. The molecule has 0 aliphatic heterocycles. The molecule has 0 spiro atoms. The molecule has 82 heavy (non-hydrogen) atoms. The Morgan fingerprint density at radius 2 is 0.549 bits per heavy atom. The van der Waals surface area contributed by atoms with Crippen LogP contribution in [-0.2, 0) is 0 Å². The van der Waals surface area contributed by atoms with E-state index in [-0.39, 0.29) is 11.8 Å². The SMILES string of the molecule is c1ccc(-c2cc(-c3ccccc3-n3c4ccccc4c4ccccc43)nc(-c3ccc4c(c3)C3c5ccccc5C4c4cc(-c5nc(-c6ccccc6)cc(-c6ccccc6-n6c7ccccc7c7ccccc76)n5)ccc43)n2)cc1. The Hall–Kier alpha value is -10.8. The summed E-state index contributed by atoms with van der Waals surface area (Å²) in [7, 11) is 0. The van der Waals surface area contributed by atoms with Crippen molar-refractivity contribution in [2.24, 2.45) is 0 Å². The summed E-state index contributed by atoms with van der Waals surface area (Å²) in [6.45, 7) is 0. The van der Waals surface area contributed by atoms with Gasteiger partial charge in [-0.25, -0.2) is 19.9 Å². The summed E-state index contributed by atoms with van der Waals surface area (Å²) in [5, 5.41) is 4.88. The monoisotopic (exact) mass is 1040 g/mol. The van der Waals surface area contributed by atoms with E-state index in [0.29, 0.717) is 11.6 Å². The first-order valence-electron chi connectivity index (χ1n) is 28.1. The van der Waals surface area contributed by atoms with Gasteiger partial charge in [0.15, 0.2) is 11.6 Å². The lowest BCUT2D eigenvalue weighted by Gasteiger charge is -2.42. The van der Waals surface area contributed by atoms with Crippen LogP contribution in [0.1, 0.15) is 45.2 Å². The van der Waals surface area contributed by atoms with Crippen molar-refractivity contribution in [3.63, 3.8) is 0 Å². The van der Waals surface area contributed by atoms with Crippen LogP contribution in [0.2, 0.25) is 0 Å². The first-order valence-corrected chi connectivity index (χ1v) is 28.1. The standard InChI is InChI=1S/C76H48N6/c1-3-21-47(22-4-1)63-45-65(59-31-13-19-37-71(59)81-67-33-15-9-25-51(67)52-26-10-16-34-68(52)81)79-75(77-63)49-39-41-57-61(43-49)73-55-29-7-8-30-56(55)74(57)62-44-50(40-42-58(62)73)76-78-64(48-23-5-2-6-24-48)46-66(80-76)60-32-14-20-38-72(60)82-69-35-17-11-27-53(69)54-28-12-18-36-70(54)82/h1-46,73-74H. The fourth-order valence-electron chi connectivity index (χ4n) is 13.6. The summed E-state index contributed by atoms with van der Waals surface area (Å²) < 4.78 is 4.77. The molecule has 2 unspecified atom stereocenters. The van der Waals surface area contributed by atoms with Gasteiger partial charge < -0.3 is 9.13 Å². The zero-order valence-corrected chi connectivity index (χ0v) is 44.4. The van der Waals surface area contributed by atoms with Gasteiger partial charge in [-0.3, -0.25) is 0 Å². The molecule has 11 aromatic carbocycles. The zero-order chi connectivity index (χ0) is 53.8. The van der Waals surface area contributed by atoms with Crippen LogP contribution in [0.15, 0.2) is 279 Å². The molecule has 0 radical (unpaired) electrons. The Balaban J connectivity index is 0.804. The van der Waals surface area contributed by atoms with Gasteiger partial charge in [-0.15, -0.1) is 0 Å². The highest BCUT2D eigenvalue weighted by Crippen LogP contribution is 2.57. The molecule has 6 heteroatoms. The molecule has 3 aliphatic rings. The van der Waals surface area contributed by atoms with Crippen LogP contribution in [0.25, 0.3) is 123 Å².